The molecular weight excluding hydrogens is 487 g/mol. The highest BCUT2D eigenvalue weighted by atomic mass is 127. The van der Waals surface area contributed by atoms with Crippen LogP contribution < -0.4 is 10.1 Å². The van der Waals surface area contributed by atoms with Crippen molar-refractivity contribution < 1.29 is 9.47 Å². The van der Waals surface area contributed by atoms with Gasteiger partial charge in [0.2, 0.25) is 0 Å². The third-order valence-corrected chi connectivity index (χ3v) is 5.34. The molecule has 1 N–H and O–H groups in total. The molecule has 2 aromatic rings. The van der Waals surface area contributed by atoms with Gasteiger partial charge in [-0.2, -0.15) is 0 Å². The van der Waals surface area contributed by atoms with Crippen molar-refractivity contribution in [1.82, 2.24) is 15.2 Å². The smallest absolute Gasteiger partial charge is 0.193 e. The summed E-state index contributed by atoms with van der Waals surface area (Å²) >= 11 is 1.62. The van der Waals surface area contributed by atoms with E-state index in [1.807, 2.05) is 20.0 Å². The summed E-state index contributed by atoms with van der Waals surface area (Å²) in [6, 6.07) is 6.17. The van der Waals surface area contributed by atoms with Crippen molar-refractivity contribution in [3.05, 3.63) is 45.4 Å². The summed E-state index contributed by atoms with van der Waals surface area (Å²) in [6.07, 6.45) is 0.0218. The van der Waals surface area contributed by atoms with Gasteiger partial charge < -0.3 is 19.7 Å². The van der Waals surface area contributed by atoms with Crippen LogP contribution in [0.15, 0.2) is 28.6 Å². The van der Waals surface area contributed by atoms with Gasteiger partial charge in [-0.25, -0.2) is 4.98 Å². The second-order valence-electron chi connectivity index (χ2n) is 6.45. The minimum absolute atomic E-state index is 0. The summed E-state index contributed by atoms with van der Waals surface area (Å²) in [5, 5.41) is 6.40. The number of ether oxygens (including phenoxy) is 2. The molecule has 0 aliphatic heterocycles. The lowest BCUT2D eigenvalue weighted by molar-refractivity contribution is 0.119. The van der Waals surface area contributed by atoms with Crippen LogP contribution in [-0.4, -0.2) is 50.2 Å². The Morgan fingerprint density at radius 1 is 1.32 bits per heavy atom. The van der Waals surface area contributed by atoms with E-state index in [0.29, 0.717) is 19.7 Å². The number of rotatable bonds is 8. The molecule has 0 bridgehead atoms. The fourth-order valence-corrected chi connectivity index (χ4v) is 3.57. The molecule has 1 heterocycles. The average Bonchev–Trinajstić information content (AvgIpc) is 3.11. The van der Waals surface area contributed by atoms with Crippen molar-refractivity contribution in [2.24, 2.45) is 4.99 Å². The molecule has 8 heteroatoms. The van der Waals surface area contributed by atoms with Gasteiger partial charge in [-0.3, -0.25) is 4.99 Å². The number of aryl methyl sites for hydroxylation is 2. The molecule has 1 aromatic heterocycles. The first-order valence-corrected chi connectivity index (χ1v) is 9.92. The van der Waals surface area contributed by atoms with Crippen LogP contribution in [0.25, 0.3) is 0 Å². The minimum atomic E-state index is 0. The van der Waals surface area contributed by atoms with Crippen molar-refractivity contribution in [2.45, 2.75) is 33.4 Å². The van der Waals surface area contributed by atoms with Crippen LogP contribution in [-0.2, 0) is 11.3 Å². The molecule has 0 spiro atoms. The molecule has 0 saturated heterocycles. The monoisotopic (exact) mass is 518 g/mol. The highest BCUT2D eigenvalue weighted by Gasteiger charge is 2.12. The Morgan fingerprint density at radius 3 is 2.61 bits per heavy atom. The van der Waals surface area contributed by atoms with E-state index in [1.165, 1.54) is 0 Å². The van der Waals surface area contributed by atoms with E-state index in [0.717, 1.165) is 33.5 Å². The lowest BCUT2D eigenvalue weighted by atomic mass is 10.1. The number of nitrogens with one attached hydrogen (secondary N) is 1. The molecule has 0 aliphatic carbocycles. The summed E-state index contributed by atoms with van der Waals surface area (Å²) in [5.74, 6) is 1.78. The fraction of sp³-hybridized carbons (Fsp3) is 0.500. The van der Waals surface area contributed by atoms with Crippen LogP contribution in [0.4, 0.5) is 0 Å². The summed E-state index contributed by atoms with van der Waals surface area (Å²) in [6.45, 7) is 8.07. The topological polar surface area (TPSA) is 59.0 Å². The molecule has 1 aromatic carbocycles. The van der Waals surface area contributed by atoms with Crippen LogP contribution in [0.5, 0.6) is 5.75 Å². The zero-order chi connectivity index (χ0) is 19.8. The van der Waals surface area contributed by atoms with Gasteiger partial charge in [-0.1, -0.05) is 18.2 Å². The number of aliphatic imine (C=N–C) groups is 1. The molecule has 1 unspecified atom stereocenters. The van der Waals surface area contributed by atoms with Crippen LogP contribution in [0.1, 0.15) is 34.9 Å². The quantitative estimate of drug-likeness (QED) is 0.246. The van der Waals surface area contributed by atoms with Gasteiger partial charge in [0.15, 0.2) is 5.96 Å². The molecule has 0 saturated carbocycles. The first kappa shape index (κ1) is 24.6. The lowest BCUT2D eigenvalue weighted by Gasteiger charge is -2.21. The maximum absolute atomic E-state index is 5.94. The van der Waals surface area contributed by atoms with Crippen molar-refractivity contribution in [3.63, 3.8) is 0 Å². The maximum atomic E-state index is 5.94. The second kappa shape index (κ2) is 12.2. The first-order chi connectivity index (χ1) is 13.0. The molecular formula is C20H31IN4O2S. The standard InChI is InChI=1S/C20H30N4O2S.HI/c1-14-8-7-9-15(2)18(14)26-11-10-22-20(21-4)24(5)12-17-13-27-19(23-17)16(3)25-6;/h7-9,13,16H,10-12H2,1-6H3,(H,21,22);1H. The van der Waals surface area contributed by atoms with Crippen LogP contribution >= 0.6 is 35.3 Å². The van der Waals surface area contributed by atoms with Crippen LogP contribution in [0, 0.1) is 13.8 Å². The zero-order valence-corrected chi connectivity index (χ0v) is 20.6. The number of methoxy groups -OCH3 is 1. The number of halogens is 1. The average molecular weight is 518 g/mol. The number of guanidine groups is 1. The summed E-state index contributed by atoms with van der Waals surface area (Å²) in [5.41, 5.74) is 3.32. The Labute approximate surface area is 189 Å². The number of hydrogen-bond donors (Lipinski definition) is 1. The Bertz CT molecular complexity index is 746. The molecule has 156 valence electrons. The van der Waals surface area contributed by atoms with Crippen molar-refractivity contribution in [1.29, 1.82) is 0 Å². The number of nitrogens with zero attached hydrogens (tertiary/aromatic N) is 3. The Balaban J connectivity index is 0.00000392. The predicted molar refractivity (Wildman–Crippen MR) is 127 cm³/mol. The fourth-order valence-electron chi connectivity index (χ4n) is 2.73. The van der Waals surface area contributed by atoms with E-state index in [2.05, 4.69) is 51.6 Å². The van der Waals surface area contributed by atoms with Gasteiger partial charge >= 0.3 is 0 Å². The van der Waals surface area contributed by atoms with Crippen molar-refractivity contribution in [2.75, 3.05) is 34.4 Å². The zero-order valence-electron chi connectivity index (χ0n) is 17.5. The third kappa shape index (κ3) is 6.89. The van der Waals surface area contributed by atoms with Gasteiger partial charge in [-0.05, 0) is 31.9 Å². The van der Waals surface area contributed by atoms with Crippen molar-refractivity contribution in [3.8, 4) is 5.75 Å². The molecule has 28 heavy (non-hydrogen) atoms. The lowest BCUT2D eigenvalue weighted by Crippen LogP contribution is -2.40. The van der Waals surface area contributed by atoms with E-state index in [4.69, 9.17) is 9.47 Å². The number of thiazole rings is 1. The van der Waals surface area contributed by atoms with Crippen LogP contribution in [0.3, 0.4) is 0 Å². The second-order valence-corrected chi connectivity index (χ2v) is 7.34. The largest absolute Gasteiger partial charge is 0.491 e. The van der Waals surface area contributed by atoms with E-state index < -0.39 is 0 Å². The Morgan fingerprint density at radius 2 is 2.00 bits per heavy atom. The Hall–Kier alpha value is -1.39. The normalized spacial score (nSPS) is 12.3. The summed E-state index contributed by atoms with van der Waals surface area (Å²) in [7, 11) is 5.48. The molecule has 2 rings (SSSR count). The van der Waals surface area contributed by atoms with E-state index in [1.54, 1.807) is 25.5 Å². The number of hydrogen-bond acceptors (Lipinski definition) is 5. The van der Waals surface area contributed by atoms with E-state index >= 15 is 0 Å². The SMILES string of the molecule is CN=C(NCCOc1c(C)cccc1C)N(C)Cc1csc(C(C)OC)n1.I. The highest BCUT2D eigenvalue weighted by Crippen LogP contribution is 2.22. The van der Waals surface area contributed by atoms with Gasteiger partial charge in [0.1, 0.15) is 23.5 Å². The molecule has 0 fully saturated rings. The molecule has 0 aliphatic rings. The number of benzene rings is 1. The summed E-state index contributed by atoms with van der Waals surface area (Å²) < 4.78 is 11.3. The van der Waals surface area contributed by atoms with Gasteiger partial charge in [0.05, 0.1) is 18.8 Å². The van der Waals surface area contributed by atoms with E-state index in [9.17, 15) is 0 Å². The van der Waals surface area contributed by atoms with Gasteiger partial charge in [0, 0.05) is 26.6 Å². The summed E-state index contributed by atoms with van der Waals surface area (Å²) in [4.78, 5) is 11.0. The Kier molecular flexibility index (Phi) is 10.8. The van der Waals surface area contributed by atoms with E-state index in [-0.39, 0.29) is 30.1 Å². The molecule has 1 atom stereocenters. The number of aromatic nitrogens is 1. The predicted octanol–water partition coefficient (Wildman–Crippen LogP) is 4.17. The van der Waals surface area contributed by atoms with Gasteiger partial charge in [0.25, 0.3) is 0 Å². The van der Waals surface area contributed by atoms with Gasteiger partial charge in [-0.15, -0.1) is 35.3 Å². The minimum Gasteiger partial charge on any atom is -0.491 e. The highest BCUT2D eigenvalue weighted by molar-refractivity contribution is 14.0. The number of para-hydroxylation sites is 1. The molecule has 6 nitrogen and oxygen atoms in total. The third-order valence-electron chi connectivity index (χ3n) is 4.28. The maximum Gasteiger partial charge on any atom is 0.193 e. The van der Waals surface area contributed by atoms with Crippen LogP contribution in [0.2, 0.25) is 0 Å². The van der Waals surface area contributed by atoms with Crippen molar-refractivity contribution >= 4 is 41.3 Å². The molecule has 0 radical (unpaired) electrons. The first-order valence-electron chi connectivity index (χ1n) is 9.04. The molecule has 0 amide bonds.